The molecule has 0 fully saturated rings. The van der Waals surface area contributed by atoms with E-state index in [0.717, 1.165) is 21.6 Å². The van der Waals surface area contributed by atoms with Crippen molar-refractivity contribution >= 4 is 33.6 Å². The molecule has 0 spiro atoms. The van der Waals surface area contributed by atoms with Crippen molar-refractivity contribution in [1.29, 1.82) is 0 Å². The lowest BCUT2D eigenvalue weighted by Gasteiger charge is -2.01. The van der Waals surface area contributed by atoms with Crippen molar-refractivity contribution < 1.29 is 9.53 Å². The van der Waals surface area contributed by atoms with Gasteiger partial charge in [0.25, 0.3) is 0 Å². The summed E-state index contributed by atoms with van der Waals surface area (Å²) in [4.78, 5) is 11.1. The third-order valence-electron chi connectivity index (χ3n) is 1.75. The molecule has 4 heteroatoms. The van der Waals surface area contributed by atoms with Gasteiger partial charge < -0.3 is 4.74 Å². The number of carbonyl (C=O) groups excluding carboxylic acids is 1. The molecular formula is C11H7BrO2S. The molecule has 1 aromatic heterocycles. The Morgan fingerprint density at radius 3 is 2.47 bits per heavy atom. The van der Waals surface area contributed by atoms with Crippen LogP contribution in [0, 0.1) is 0 Å². The molecule has 2 nitrogen and oxygen atoms in total. The number of rotatable bonds is 3. The molecule has 0 aliphatic heterocycles. The molecule has 2 rings (SSSR count). The van der Waals surface area contributed by atoms with Gasteiger partial charge in [0.2, 0.25) is 0 Å². The molecule has 2 aromatic rings. The van der Waals surface area contributed by atoms with Crippen LogP contribution >= 0.6 is 27.3 Å². The van der Waals surface area contributed by atoms with E-state index < -0.39 is 0 Å². The average molecular weight is 283 g/mol. The number of hydrogen-bond donors (Lipinski definition) is 0. The van der Waals surface area contributed by atoms with Crippen LogP contribution in [-0.2, 0) is 0 Å². The SMILES string of the molecule is O=Cc1ccc(Oc2ccc(Br)cc2)s1. The Hall–Kier alpha value is -1.13. The second-order valence-electron chi connectivity index (χ2n) is 2.83. The summed E-state index contributed by atoms with van der Waals surface area (Å²) < 4.78 is 6.56. The fraction of sp³-hybridized carbons (Fsp3) is 0. The Morgan fingerprint density at radius 2 is 1.87 bits per heavy atom. The minimum absolute atomic E-state index is 0.669. The van der Waals surface area contributed by atoms with Gasteiger partial charge in [-0.25, -0.2) is 0 Å². The van der Waals surface area contributed by atoms with Crippen LogP contribution in [-0.4, -0.2) is 6.29 Å². The summed E-state index contributed by atoms with van der Waals surface area (Å²) in [7, 11) is 0. The molecule has 0 unspecified atom stereocenters. The van der Waals surface area contributed by atoms with Crippen LogP contribution in [0.2, 0.25) is 0 Å². The van der Waals surface area contributed by atoms with Gasteiger partial charge in [0.1, 0.15) is 5.75 Å². The first-order chi connectivity index (χ1) is 7.28. The maximum Gasteiger partial charge on any atom is 0.181 e. The van der Waals surface area contributed by atoms with E-state index in [9.17, 15) is 4.79 Å². The summed E-state index contributed by atoms with van der Waals surface area (Å²) in [5, 5.41) is 0.722. The van der Waals surface area contributed by atoms with E-state index in [2.05, 4.69) is 15.9 Å². The predicted octanol–water partition coefficient (Wildman–Crippen LogP) is 4.12. The largest absolute Gasteiger partial charge is 0.447 e. The van der Waals surface area contributed by atoms with Crippen LogP contribution in [0.15, 0.2) is 40.9 Å². The standard InChI is InChI=1S/C11H7BrO2S/c12-8-1-3-9(4-2-8)14-11-6-5-10(7-13)15-11/h1-7H. The van der Waals surface area contributed by atoms with Gasteiger partial charge in [-0.15, -0.1) is 0 Å². The van der Waals surface area contributed by atoms with Crippen molar-refractivity contribution in [1.82, 2.24) is 0 Å². The average Bonchev–Trinajstić information content (AvgIpc) is 2.69. The highest BCUT2D eigenvalue weighted by molar-refractivity contribution is 9.10. The second-order valence-corrected chi connectivity index (χ2v) is 4.82. The van der Waals surface area contributed by atoms with Crippen molar-refractivity contribution in [3.8, 4) is 10.8 Å². The molecule has 0 amide bonds. The molecule has 0 saturated heterocycles. The van der Waals surface area contributed by atoms with E-state index in [1.165, 1.54) is 11.3 Å². The van der Waals surface area contributed by atoms with E-state index in [-0.39, 0.29) is 0 Å². The van der Waals surface area contributed by atoms with Gasteiger partial charge in [-0.3, -0.25) is 4.79 Å². The van der Waals surface area contributed by atoms with Crippen molar-refractivity contribution in [3.63, 3.8) is 0 Å². The zero-order valence-electron chi connectivity index (χ0n) is 7.64. The van der Waals surface area contributed by atoms with Crippen LogP contribution < -0.4 is 4.74 Å². The monoisotopic (exact) mass is 282 g/mol. The van der Waals surface area contributed by atoms with Crippen molar-refractivity contribution in [2.24, 2.45) is 0 Å². The fourth-order valence-corrected chi connectivity index (χ4v) is 2.03. The van der Waals surface area contributed by atoms with E-state index in [1.54, 1.807) is 12.1 Å². The maximum atomic E-state index is 10.5. The number of benzene rings is 1. The third-order valence-corrected chi connectivity index (χ3v) is 3.17. The highest BCUT2D eigenvalue weighted by Crippen LogP contribution is 2.29. The van der Waals surface area contributed by atoms with Gasteiger partial charge >= 0.3 is 0 Å². The molecular weight excluding hydrogens is 276 g/mol. The lowest BCUT2D eigenvalue weighted by molar-refractivity contribution is 0.112. The van der Waals surface area contributed by atoms with Crippen LogP contribution in [0.1, 0.15) is 9.67 Å². The molecule has 0 aliphatic carbocycles. The predicted molar refractivity (Wildman–Crippen MR) is 63.9 cm³/mol. The van der Waals surface area contributed by atoms with E-state index in [1.807, 2.05) is 24.3 Å². The van der Waals surface area contributed by atoms with Crippen LogP contribution in [0.5, 0.6) is 10.8 Å². The summed E-state index contributed by atoms with van der Waals surface area (Å²) in [5.74, 6) is 0.762. The van der Waals surface area contributed by atoms with Gasteiger partial charge in [-0.1, -0.05) is 27.3 Å². The highest BCUT2D eigenvalue weighted by Gasteiger charge is 2.01. The van der Waals surface area contributed by atoms with Crippen LogP contribution in [0.4, 0.5) is 0 Å². The molecule has 0 N–H and O–H groups in total. The van der Waals surface area contributed by atoms with Gasteiger partial charge in [0.15, 0.2) is 11.3 Å². The Bertz CT molecular complexity index is 462. The number of aldehydes is 1. The van der Waals surface area contributed by atoms with Gasteiger partial charge in [0.05, 0.1) is 4.88 Å². The number of hydrogen-bond acceptors (Lipinski definition) is 3. The zero-order chi connectivity index (χ0) is 10.7. The molecule has 0 bridgehead atoms. The summed E-state index contributed by atoms with van der Waals surface area (Å²) in [6.45, 7) is 0. The van der Waals surface area contributed by atoms with Crippen molar-refractivity contribution in [2.75, 3.05) is 0 Å². The molecule has 76 valence electrons. The number of carbonyl (C=O) groups is 1. The van der Waals surface area contributed by atoms with Gasteiger partial charge in [-0.05, 0) is 36.4 Å². The molecule has 0 saturated carbocycles. The van der Waals surface area contributed by atoms with Gasteiger partial charge in [-0.2, -0.15) is 0 Å². The smallest absolute Gasteiger partial charge is 0.181 e. The molecule has 0 atom stereocenters. The topological polar surface area (TPSA) is 26.3 Å². The second kappa shape index (κ2) is 4.59. The zero-order valence-corrected chi connectivity index (χ0v) is 10.0. The Morgan fingerprint density at radius 1 is 1.13 bits per heavy atom. The summed E-state index contributed by atoms with van der Waals surface area (Å²) in [5.41, 5.74) is 0. The van der Waals surface area contributed by atoms with Crippen LogP contribution in [0.3, 0.4) is 0 Å². The molecule has 15 heavy (non-hydrogen) atoms. The molecule has 0 radical (unpaired) electrons. The third kappa shape index (κ3) is 2.67. The highest BCUT2D eigenvalue weighted by atomic mass is 79.9. The first-order valence-corrected chi connectivity index (χ1v) is 5.87. The summed E-state index contributed by atoms with van der Waals surface area (Å²) >= 11 is 4.68. The molecule has 1 heterocycles. The number of thiophene rings is 1. The van der Waals surface area contributed by atoms with Crippen molar-refractivity contribution in [3.05, 3.63) is 45.7 Å². The number of halogens is 1. The maximum absolute atomic E-state index is 10.5. The minimum Gasteiger partial charge on any atom is -0.447 e. The first-order valence-electron chi connectivity index (χ1n) is 4.26. The summed E-state index contributed by atoms with van der Waals surface area (Å²) in [6, 6.07) is 11.1. The Kier molecular flexibility index (Phi) is 3.18. The van der Waals surface area contributed by atoms with E-state index in [0.29, 0.717) is 4.88 Å². The number of ether oxygens (including phenoxy) is 1. The van der Waals surface area contributed by atoms with E-state index >= 15 is 0 Å². The first kappa shape index (κ1) is 10.4. The van der Waals surface area contributed by atoms with E-state index in [4.69, 9.17) is 4.74 Å². The van der Waals surface area contributed by atoms with Crippen LogP contribution in [0.25, 0.3) is 0 Å². The fourth-order valence-electron chi connectivity index (χ4n) is 1.07. The Balaban J connectivity index is 2.14. The lowest BCUT2D eigenvalue weighted by Crippen LogP contribution is -1.79. The quantitative estimate of drug-likeness (QED) is 0.792. The lowest BCUT2D eigenvalue weighted by atomic mass is 10.3. The minimum atomic E-state index is 0.669. The molecule has 0 aliphatic rings. The summed E-state index contributed by atoms with van der Waals surface area (Å²) in [6.07, 6.45) is 0.819. The Labute approximate surface area is 99.6 Å². The normalized spacial score (nSPS) is 9.93. The van der Waals surface area contributed by atoms with Gasteiger partial charge in [0, 0.05) is 4.47 Å². The van der Waals surface area contributed by atoms with Crippen molar-refractivity contribution in [2.45, 2.75) is 0 Å². The molecule has 1 aromatic carbocycles.